The average Bonchev–Trinajstić information content (AvgIpc) is 3.42. The molecule has 0 atom stereocenters. The van der Waals surface area contributed by atoms with Crippen LogP contribution in [0.15, 0.2) is 145 Å². The minimum Gasteiger partial charge on any atom is -0.399 e. The minimum atomic E-state index is -3.93. The summed E-state index contributed by atoms with van der Waals surface area (Å²) in [5.74, 6) is 1.58. The van der Waals surface area contributed by atoms with E-state index in [9.17, 15) is 28.6 Å². The molecular weight excluding hydrogens is 1240 g/mol. The van der Waals surface area contributed by atoms with E-state index in [-0.39, 0.29) is 125 Å². The number of hydrogen-bond acceptors (Lipinski definition) is 14. The Morgan fingerprint density at radius 3 is 1.58 bits per heavy atom. The first-order valence-corrected chi connectivity index (χ1v) is 24.3. The van der Waals surface area contributed by atoms with Crippen LogP contribution in [0.2, 0.25) is 5.15 Å². The number of fused-ring (bicyclic) bond motifs is 3. The van der Waals surface area contributed by atoms with Crippen LogP contribution in [-0.4, -0.2) is 48.2 Å². The number of halogens is 1. The smallest absolute Gasteiger partial charge is 0.270 e. The molecule has 0 saturated heterocycles. The van der Waals surface area contributed by atoms with Crippen LogP contribution in [0.25, 0.3) is 66.9 Å². The standard InChI is InChI=1S/C23H19N5O4S.C16H10ClN3O2.C16H13N3.3Y/c1-3-16-5-4-6-17(13-16)22-24-21-12-9-18(28(29)30)14-20(21)23(25-22)26-27-33(31,32)19-10-7-15(2)8-11-19;1-2-10-4-3-5-11(8-10)16-18-14-7-6-12(20(21)22)9-13(14)15(17)19-16;1-2-11-4-3-5-12(8-11)16-18-10-13-9-14(17)6-7-15(13)19-16;;;/h4,6-14,27H,1,3H2,2H3,(H,24,25,26);3,5-9H,1-2H2;3,5-10H,1-2,17H2;;;/q3*-2;;;. The van der Waals surface area contributed by atoms with Crippen LogP contribution in [0.1, 0.15) is 22.3 Å². The van der Waals surface area contributed by atoms with Gasteiger partial charge in [0.1, 0.15) is 22.6 Å². The second kappa shape index (κ2) is 28.4. The van der Waals surface area contributed by atoms with E-state index >= 15 is 0 Å². The topological polar surface area (TPSA) is 248 Å². The number of nitrogens with two attached hydrogens (primary N) is 1. The van der Waals surface area contributed by atoms with E-state index in [0.717, 1.165) is 50.0 Å². The first-order valence-electron chi connectivity index (χ1n) is 22.5. The Kier molecular flexibility index (Phi) is 23.0. The van der Waals surface area contributed by atoms with E-state index < -0.39 is 19.9 Å². The summed E-state index contributed by atoms with van der Waals surface area (Å²) >= 11 is 6.17. The van der Waals surface area contributed by atoms with E-state index in [2.05, 4.69) is 79.1 Å². The van der Waals surface area contributed by atoms with Gasteiger partial charge in [-0.1, -0.05) is 46.0 Å². The predicted molar refractivity (Wildman–Crippen MR) is 286 cm³/mol. The fourth-order valence-corrected chi connectivity index (χ4v) is 8.33. The van der Waals surface area contributed by atoms with Crippen LogP contribution < -0.4 is 16.0 Å². The zero-order valence-electron chi connectivity index (χ0n) is 41.1. The van der Waals surface area contributed by atoms with Crippen molar-refractivity contribution in [2.45, 2.75) is 31.1 Å². The van der Waals surface area contributed by atoms with Crippen molar-refractivity contribution in [3.8, 4) is 34.2 Å². The van der Waals surface area contributed by atoms with Crippen molar-refractivity contribution in [1.29, 1.82) is 0 Å². The van der Waals surface area contributed by atoms with E-state index in [1.54, 1.807) is 42.6 Å². The van der Waals surface area contributed by atoms with Gasteiger partial charge in [0, 0.05) is 145 Å². The van der Waals surface area contributed by atoms with Gasteiger partial charge in [-0.05, 0) is 49.4 Å². The SMILES string of the molecule is [CH2-]Cc1[c-]ccc(-c2nc(Cl)c3cc([N+](=O)[O-])ccc3n2)c1.[CH2-]Cc1[c-]ccc(-c2nc(NNS(=O)(=O)c3ccc(C)cc3)c3cc([N+](=O)[O-])ccc3n2)c1.[CH2-]Cc1[c-]ccc(-c2ncc3cc(N)ccc3n2)c1.[Y].[Y].[Y]. The molecule has 77 heavy (non-hydrogen) atoms. The molecule has 0 spiro atoms. The first-order chi connectivity index (χ1) is 35.6. The molecule has 7 aromatic carbocycles. The number of sulfonamides is 1. The fraction of sp³-hybridized carbons (Fsp3) is 0.0727. The molecule has 381 valence electrons. The molecule has 0 fully saturated rings. The number of nitrogens with zero attached hydrogens (tertiary/aromatic N) is 8. The van der Waals surface area contributed by atoms with Gasteiger partial charge in [-0.15, -0.1) is 4.83 Å². The summed E-state index contributed by atoms with van der Waals surface area (Å²) in [6.45, 7) is 13.4. The van der Waals surface area contributed by atoms with Gasteiger partial charge < -0.3 is 26.5 Å². The number of nitrogens with one attached hydrogen (secondary N) is 2. The molecule has 0 aliphatic heterocycles. The Bertz CT molecular complexity index is 3860. The monoisotopic (exact) mass is 1290 g/mol. The van der Waals surface area contributed by atoms with Crippen LogP contribution in [0.4, 0.5) is 22.9 Å². The molecule has 3 heterocycles. The van der Waals surface area contributed by atoms with Gasteiger partial charge in [-0.2, -0.15) is 109 Å². The van der Waals surface area contributed by atoms with Gasteiger partial charge >= 0.3 is 0 Å². The summed E-state index contributed by atoms with van der Waals surface area (Å²) in [5.41, 5.74) is 17.0. The van der Waals surface area contributed by atoms with Crippen molar-refractivity contribution in [3.63, 3.8) is 0 Å². The number of aromatic nitrogens is 6. The van der Waals surface area contributed by atoms with E-state index in [0.29, 0.717) is 64.1 Å². The first kappa shape index (κ1) is 62.3. The summed E-state index contributed by atoms with van der Waals surface area (Å²) in [6.07, 6.45) is 3.64. The number of nitrogen functional groups attached to an aromatic ring is 1. The van der Waals surface area contributed by atoms with Crippen molar-refractivity contribution in [1.82, 2.24) is 34.7 Å². The number of rotatable bonds is 12. The molecule has 0 aliphatic carbocycles. The predicted octanol–water partition coefficient (Wildman–Crippen LogP) is 11.1. The number of hydrazine groups is 1. The summed E-state index contributed by atoms with van der Waals surface area (Å²) in [7, 11) is -3.93. The molecule has 0 unspecified atom stereocenters. The molecule has 0 saturated carbocycles. The maximum Gasteiger partial charge on any atom is 0.270 e. The van der Waals surface area contributed by atoms with Crippen LogP contribution in [-0.2, 0) is 127 Å². The second-order valence-electron chi connectivity index (χ2n) is 16.3. The molecule has 0 amide bonds. The maximum atomic E-state index is 12.7. The largest absolute Gasteiger partial charge is 0.399 e. The van der Waals surface area contributed by atoms with Gasteiger partial charge in [-0.25, -0.2) is 38.3 Å². The molecule has 0 bridgehead atoms. The zero-order chi connectivity index (χ0) is 52.5. The Morgan fingerprint density at radius 2 is 1.06 bits per heavy atom. The summed E-state index contributed by atoms with van der Waals surface area (Å²) < 4.78 is 25.5. The van der Waals surface area contributed by atoms with Gasteiger partial charge in [0.25, 0.3) is 21.4 Å². The summed E-state index contributed by atoms with van der Waals surface area (Å²) in [5, 5.41) is 24.0. The zero-order valence-corrected chi connectivity index (χ0v) is 51.2. The van der Waals surface area contributed by atoms with Crippen LogP contribution in [0.3, 0.4) is 0 Å². The Labute approximate surface area is 525 Å². The number of anilines is 2. The van der Waals surface area contributed by atoms with Crippen molar-refractivity contribution in [2.24, 2.45) is 0 Å². The van der Waals surface area contributed by atoms with Crippen LogP contribution >= 0.6 is 11.6 Å². The number of non-ortho nitro benzene ring substituents is 2. The van der Waals surface area contributed by atoms with Gasteiger partial charge in [0.05, 0.1) is 36.7 Å². The van der Waals surface area contributed by atoms with E-state index in [1.165, 1.54) is 42.5 Å². The van der Waals surface area contributed by atoms with Gasteiger partial charge in [0.15, 0.2) is 5.82 Å². The molecule has 17 nitrogen and oxygen atoms in total. The van der Waals surface area contributed by atoms with Gasteiger partial charge in [0.2, 0.25) is 0 Å². The number of benzene rings is 7. The summed E-state index contributed by atoms with van der Waals surface area (Å²) in [4.78, 5) is 50.0. The number of nitro groups is 2. The Morgan fingerprint density at radius 1 is 0.597 bits per heavy atom. The molecule has 3 aromatic heterocycles. The third-order valence-electron chi connectivity index (χ3n) is 11.1. The Balaban J connectivity index is 0.000000218. The molecule has 4 N–H and O–H groups in total. The number of aryl methyl sites for hydroxylation is 1. The van der Waals surface area contributed by atoms with E-state index in [4.69, 9.17) is 17.3 Å². The maximum absolute atomic E-state index is 12.7. The number of nitro benzene ring substituents is 2. The normalized spacial score (nSPS) is 10.7. The van der Waals surface area contributed by atoms with Crippen molar-refractivity contribution in [2.75, 3.05) is 11.2 Å². The van der Waals surface area contributed by atoms with Crippen LogP contribution in [0, 0.1) is 66.1 Å². The third-order valence-corrected chi connectivity index (χ3v) is 12.7. The number of hydrogen-bond donors (Lipinski definition) is 3. The van der Waals surface area contributed by atoms with Gasteiger partial charge in [-0.3, -0.25) is 25.7 Å². The van der Waals surface area contributed by atoms with Crippen LogP contribution in [0.5, 0.6) is 0 Å². The second-order valence-corrected chi connectivity index (χ2v) is 18.3. The quantitative estimate of drug-likeness (QED) is 0.0339. The summed E-state index contributed by atoms with van der Waals surface area (Å²) in [6, 6.07) is 46.4. The Hall–Kier alpha value is -5.53. The molecule has 22 heteroatoms. The molecule has 0 aliphatic rings. The minimum absolute atomic E-state index is 0. The van der Waals surface area contributed by atoms with E-state index in [1.807, 2.05) is 61.5 Å². The van der Waals surface area contributed by atoms with Crippen molar-refractivity contribution in [3.05, 3.63) is 226 Å². The average molecular weight is 1290 g/mol. The molecule has 10 aromatic rings. The molecule has 3 radical (unpaired) electrons. The molecular formula is C55H42ClN11O6SY3-6. The fourth-order valence-electron chi connectivity index (χ4n) is 7.26. The third kappa shape index (κ3) is 15.8. The van der Waals surface area contributed by atoms with Crippen molar-refractivity contribution < 1.29 is 116 Å². The molecule has 10 rings (SSSR count). The van der Waals surface area contributed by atoms with Crippen molar-refractivity contribution >= 4 is 77.2 Å².